The maximum Gasteiger partial charge on any atom is 0.238 e. The number of amides is 1. The van der Waals surface area contributed by atoms with Crippen molar-refractivity contribution < 1.29 is 4.79 Å². The molecule has 4 N–H and O–H groups in total. The molecule has 0 bridgehead atoms. The SMILES string of the molecule is NC(=O)C1(N)CCSC1. The molecule has 0 aliphatic carbocycles. The van der Waals surface area contributed by atoms with Gasteiger partial charge in [0.1, 0.15) is 5.54 Å². The third-order valence-electron chi connectivity index (χ3n) is 1.54. The fourth-order valence-electron chi connectivity index (χ4n) is 0.775. The van der Waals surface area contributed by atoms with Gasteiger partial charge in [0.25, 0.3) is 0 Å². The van der Waals surface area contributed by atoms with E-state index < -0.39 is 5.54 Å². The van der Waals surface area contributed by atoms with E-state index in [9.17, 15) is 4.79 Å². The first-order valence-corrected chi connectivity index (χ1v) is 3.97. The molecule has 1 saturated heterocycles. The summed E-state index contributed by atoms with van der Waals surface area (Å²) in [7, 11) is 0. The van der Waals surface area contributed by atoms with Crippen LogP contribution in [-0.2, 0) is 4.79 Å². The zero-order valence-electron chi connectivity index (χ0n) is 5.09. The first-order valence-electron chi connectivity index (χ1n) is 2.82. The number of rotatable bonds is 1. The van der Waals surface area contributed by atoms with Crippen LogP contribution in [0.4, 0.5) is 0 Å². The minimum absolute atomic E-state index is 0.368. The van der Waals surface area contributed by atoms with E-state index in [0.717, 1.165) is 12.2 Å². The summed E-state index contributed by atoms with van der Waals surface area (Å²) in [5.41, 5.74) is 9.96. The van der Waals surface area contributed by atoms with Crippen molar-refractivity contribution in [2.45, 2.75) is 12.0 Å². The summed E-state index contributed by atoms with van der Waals surface area (Å²) < 4.78 is 0. The molecular formula is C5H10N2OS. The predicted molar refractivity (Wildman–Crippen MR) is 38.1 cm³/mol. The molecule has 0 spiro atoms. The van der Waals surface area contributed by atoms with Crippen LogP contribution >= 0.6 is 11.8 Å². The van der Waals surface area contributed by atoms with Gasteiger partial charge >= 0.3 is 0 Å². The summed E-state index contributed by atoms with van der Waals surface area (Å²) in [4.78, 5) is 10.6. The Hall–Kier alpha value is -0.220. The molecule has 3 nitrogen and oxygen atoms in total. The van der Waals surface area contributed by atoms with Crippen LogP contribution in [0.25, 0.3) is 0 Å². The van der Waals surface area contributed by atoms with Crippen LogP contribution < -0.4 is 11.5 Å². The van der Waals surface area contributed by atoms with Crippen molar-refractivity contribution in [3.8, 4) is 0 Å². The van der Waals surface area contributed by atoms with Gasteiger partial charge in [-0.25, -0.2) is 0 Å². The quantitative estimate of drug-likeness (QED) is 0.514. The van der Waals surface area contributed by atoms with Crippen LogP contribution in [0.2, 0.25) is 0 Å². The van der Waals surface area contributed by atoms with E-state index in [1.165, 1.54) is 0 Å². The Morgan fingerprint density at radius 1 is 1.67 bits per heavy atom. The molecule has 9 heavy (non-hydrogen) atoms. The highest BCUT2D eigenvalue weighted by molar-refractivity contribution is 7.99. The predicted octanol–water partition coefficient (Wildman–Crippen LogP) is -0.694. The smallest absolute Gasteiger partial charge is 0.238 e. The number of hydrogen-bond donors (Lipinski definition) is 2. The lowest BCUT2D eigenvalue weighted by molar-refractivity contribution is -0.122. The second-order valence-corrected chi connectivity index (χ2v) is 3.43. The highest BCUT2D eigenvalue weighted by atomic mass is 32.2. The van der Waals surface area contributed by atoms with Crippen LogP contribution in [0.3, 0.4) is 0 Å². The molecule has 1 rings (SSSR count). The van der Waals surface area contributed by atoms with Gasteiger partial charge in [-0.1, -0.05) is 0 Å². The Bertz CT molecular complexity index is 131. The summed E-state index contributed by atoms with van der Waals surface area (Å²) in [6.45, 7) is 0. The minimum Gasteiger partial charge on any atom is -0.368 e. The van der Waals surface area contributed by atoms with Crippen molar-refractivity contribution in [2.24, 2.45) is 11.5 Å². The maximum atomic E-state index is 10.6. The molecule has 0 aromatic rings. The minimum atomic E-state index is -0.704. The number of hydrogen-bond acceptors (Lipinski definition) is 3. The Labute approximate surface area is 58.2 Å². The maximum absolute atomic E-state index is 10.6. The van der Waals surface area contributed by atoms with Crippen LogP contribution in [-0.4, -0.2) is 23.0 Å². The van der Waals surface area contributed by atoms with E-state index in [-0.39, 0.29) is 5.91 Å². The Kier molecular flexibility index (Phi) is 1.68. The van der Waals surface area contributed by atoms with E-state index in [4.69, 9.17) is 11.5 Å². The van der Waals surface area contributed by atoms with Gasteiger partial charge in [0.05, 0.1) is 0 Å². The highest BCUT2D eigenvalue weighted by Crippen LogP contribution is 2.24. The zero-order valence-corrected chi connectivity index (χ0v) is 5.91. The van der Waals surface area contributed by atoms with Crippen molar-refractivity contribution in [2.75, 3.05) is 11.5 Å². The van der Waals surface area contributed by atoms with E-state index >= 15 is 0 Å². The van der Waals surface area contributed by atoms with E-state index in [2.05, 4.69) is 0 Å². The number of primary amides is 1. The highest BCUT2D eigenvalue weighted by Gasteiger charge is 2.35. The first-order chi connectivity index (χ1) is 4.15. The van der Waals surface area contributed by atoms with Gasteiger partial charge in [-0.3, -0.25) is 4.79 Å². The van der Waals surface area contributed by atoms with Gasteiger partial charge < -0.3 is 11.5 Å². The van der Waals surface area contributed by atoms with Gasteiger partial charge in [0.15, 0.2) is 0 Å². The number of nitrogens with two attached hydrogens (primary N) is 2. The molecule has 1 fully saturated rings. The topological polar surface area (TPSA) is 69.1 Å². The van der Waals surface area contributed by atoms with Crippen LogP contribution in [0.15, 0.2) is 0 Å². The molecule has 1 atom stereocenters. The molecule has 1 aliphatic heterocycles. The van der Waals surface area contributed by atoms with Gasteiger partial charge in [-0.05, 0) is 12.2 Å². The molecule has 52 valence electrons. The molecule has 0 aromatic carbocycles. The molecule has 4 heteroatoms. The average Bonchev–Trinajstić information content (AvgIpc) is 2.16. The number of carbonyl (C=O) groups is 1. The van der Waals surface area contributed by atoms with Crippen LogP contribution in [0.5, 0.6) is 0 Å². The molecule has 1 heterocycles. The Morgan fingerprint density at radius 3 is 2.56 bits per heavy atom. The largest absolute Gasteiger partial charge is 0.368 e. The monoisotopic (exact) mass is 146 g/mol. The third-order valence-corrected chi connectivity index (χ3v) is 2.75. The van der Waals surface area contributed by atoms with Crippen molar-refractivity contribution in [1.82, 2.24) is 0 Å². The van der Waals surface area contributed by atoms with Gasteiger partial charge in [0, 0.05) is 5.75 Å². The number of carbonyl (C=O) groups excluding carboxylic acids is 1. The first kappa shape index (κ1) is 6.89. The van der Waals surface area contributed by atoms with Gasteiger partial charge in [0.2, 0.25) is 5.91 Å². The molecular weight excluding hydrogens is 136 g/mol. The van der Waals surface area contributed by atoms with Crippen molar-refractivity contribution in [1.29, 1.82) is 0 Å². The summed E-state index contributed by atoms with van der Waals surface area (Å²) in [5.74, 6) is 1.27. The summed E-state index contributed by atoms with van der Waals surface area (Å²) in [6, 6.07) is 0. The van der Waals surface area contributed by atoms with E-state index in [0.29, 0.717) is 5.75 Å². The molecule has 1 unspecified atom stereocenters. The number of thioether (sulfide) groups is 1. The fourth-order valence-corrected chi connectivity index (χ4v) is 2.08. The molecule has 0 aromatic heterocycles. The average molecular weight is 146 g/mol. The van der Waals surface area contributed by atoms with Gasteiger partial charge in [-0.15, -0.1) is 0 Å². The standard InChI is InChI=1S/C5H10N2OS/c6-4(8)5(7)1-2-9-3-5/h1-3,7H2,(H2,6,8). The fraction of sp³-hybridized carbons (Fsp3) is 0.800. The molecule has 1 aliphatic rings. The van der Waals surface area contributed by atoms with Crippen molar-refractivity contribution in [3.63, 3.8) is 0 Å². The second-order valence-electron chi connectivity index (χ2n) is 2.32. The lowest BCUT2D eigenvalue weighted by Crippen LogP contribution is -2.51. The van der Waals surface area contributed by atoms with E-state index in [1.54, 1.807) is 11.8 Å². The van der Waals surface area contributed by atoms with Crippen LogP contribution in [0, 0.1) is 0 Å². The Morgan fingerprint density at radius 2 is 2.33 bits per heavy atom. The summed E-state index contributed by atoms with van der Waals surface area (Å²) >= 11 is 1.68. The van der Waals surface area contributed by atoms with Crippen molar-refractivity contribution >= 4 is 17.7 Å². The summed E-state index contributed by atoms with van der Waals surface area (Å²) in [5, 5.41) is 0. The van der Waals surface area contributed by atoms with Crippen molar-refractivity contribution in [3.05, 3.63) is 0 Å². The molecule has 0 saturated carbocycles. The zero-order chi connectivity index (χ0) is 6.91. The van der Waals surface area contributed by atoms with Gasteiger partial charge in [-0.2, -0.15) is 11.8 Å². The third kappa shape index (κ3) is 1.19. The molecule has 0 radical (unpaired) electrons. The lowest BCUT2D eigenvalue weighted by Gasteiger charge is -2.16. The van der Waals surface area contributed by atoms with Crippen LogP contribution in [0.1, 0.15) is 6.42 Å². The Balaban J connectivity index is 2.61. The van der Waals surface area contributed by atoms with E-state index in [1.807, 2.05) is 0 Å². The molecule has 1 amide bonds. The normalized spacial score (nSPS) is 34.8. The lowest BCUT2D eigenvalue weighted by atomic mass is 10.0. The second kappa shape index (κ2) is 2.19. The summed E-state index contributed by atoms with van der Waals surface area (Å²) in [6.07, 6.45) is 0.729.